The number of nitrogens with zero attached hydrogens (tertiary/aromatic N) is 3. The van der Waals surface area contributed by atoms with E-state index >= 15 is 0 Å². The summed E-state index contributed by atoms with van der Waals surface area (Å²) in [5.74, 6) is 1.65. The summed E-state index contributed by atoms with van der Waals surface area (Å²) >= 11 is 0. The van der Waals surface area contributed by atoms with Gasteiger partial charge in [-0.1, -0.05) is 24.3 Å². The highest BCUT2D eigenvalue weighted by Crippen LogP contribution is 2.16. The number of aromatic nitrogens is 3. The van der Waals surface area contributed by atoms with E-state index < -0.39 is 0 Å². The number of pyridine rings is 1. The van der Waals surface area contributed by atoms with Gasteiger partial charge in [0.25, 0.3) is 0 Å². The van der Waals surface area contributed by atoms with Crippen LogP contribution in [0.5, 0.6) is 0 Å². The molecule has 0 saturated carbocycles. The molecule has 0 spiro atoms. The molecular formula is C16H16N4. The first kappa shape index (κ1) is 12.5. The first-order valence-corrected chi connectivity index (χ1v) is 6.69. The zero-order valence-electron chi connectivity index (χ0n) is 11.4. The zero-order chi connectivity index (χ0) is 13.8. The fourth-order valence-electron chi connectivity index (χ4n) is 2.25. The van der Waals surface area contributed by atoms with Crippen LogP contribution >= 0.6 is 0 Å². The first-order chi connectivity index (χ1) is 9.83. The summed E-state index contributed by atoms with van der Waals surface area (Å²) in [7, 11) is 0. The summed E-state index contributed by atoms with van der Waals surface area (Å²) in [6, 6.07) is 12.2. The number of hydrogen-bond donors (Lipinski definition) is 1. The molecule has 1 aromatic carbocycles. The quantitative estimate of drug-likeness (QED) is 0.787. The molecule has 0 aliphatic rings. The van der Waals surface area contributed by atoms with Gasteiger partial charge >= 0.3 is 0 Å². The van der Waals surface area contributed by atoms with Crippen LogP contribution in [0.15, 0.2) is 48.8 Å². The van der Waals surface area contributed by atoms with Crippen LogP contribution in [0.25, 0.3) is 10.9 Å². The summed E-state index contributed by atoms with van der Waals surface area (Å²) < 4.78 is 0. The summed E-state index contributed by atoms with van der Waals surface area (Å²) in [6.45, 7) is 2.71. The number of benzene rings is 1. The van der Waals surface area contributed by atoms with Gasteiger partial charge in [-0.05, 0) is 31.0 Å². The SMILES string of the molecule is Cc1nccc(NCCc2cccc3cccnc23)n1. The van der Waals surface area contributed by atoms with Gasteiger partial charge in [0.05, 0.1) is 5.52 Å². The maximum absolute atomic E-state index is 4.47. The third-order valence-electron chi connectivity index (χ3n) is 3.19. The fraction of sp³-hybridized carbons (Fsp3) is 0.188. The predicted octanol–water partition coefficient (Wildman–Crippen LogP) is 2.99. The number of para-hydroxylation sites is 1. The smallest absolute Gasteiger partial charge is 0.129 e. The molecule has 4 nitrogen and oxygen atoms in total. The van der Waals surface area contributed by atoms with E-state index in [0.29, 0.717) is 0 Å². The van der Waals surface area contributed by atoms with Crippen molar-refractivity contribution in [2.75, 3.05) is 11.9 Å². The molecule has 0 amide bonds. The van der Waals surface area contributed by atoms with Gasteiger partial charge in [-0.3, -0.25) is 4.98 Å². The molecule has 1 N–H and O–H groups in total. The highest BCUT2D eigenvalue weighted by molar-refractivity contribution is 5.81. The Bertz CT molecular complexity index is 719. The molecule has 0 aliphatic heterocycles. The molecule has 2 heterocycles. The van der Waals surface area contributed by atoms with Crippen molar-refractivity contribution in [1.82, 2.24) is 15.0 Å². The first-order valence-electron chi connectivity index (χ1n) is 6.69. The zero-order valence-corrected chi connectivity index (χ0v) is 11.4. The number of nitrogens with one attached hydrogen (secondary N) is 1. The highest BCUT2D eigenvalue weighted by atomic mass is 15.0. The molecule has 20 heavy (non-hydrogen) atoms. The van der Waals surface area contributed by atoms with Gasteiger partial charge in [-0.15, -0.1) is 0 Å². The van der Waals surface area contributed by atoms with Crippen LogP contribution in [0.4, 0.5) is 5.82 Å². The number of hydrogen-bond acceptors (Lipinski definition) is 4. The van der Waals surface area contributed by atoms with Gasteiger partial charge in [-0.25, -0.2) is 9.97 Å². The molecule has 0 radical (unpaired) electrons. The Morgan fingerprint density at radius 1 is 1.00 bits per heavy atom. The number of anilines is 1. The summed E-state index contributed by atoms with van der Waals surface area (Å²) in [5.41, 5.74) is 2.33. The molecule has 4 heteroatoms. The van der Waals surface area contributed by atoms with Crippen molar-refractivity contribution in [1.29, 1.82) is 0 Å². The van der Waals surface area contributed by atoms with E-state index in [1.807, 2.05) is 25.3 Å². The molecule has 3 aromatic rings. The van der Waals surface area contributed by atoms with Crippen LogP contribution in [0.3, 0.4) is 0 Å². The monoisotopic (exact) mass is 264 g/mol. The summed E-state index contributed by atoms with van der Waals surface area (Å²) in [5, 5.41) is 4.50. The Morgan fingerprint density at radius 2 is 1.90 bits per heavy atom. The van der Waals surface area contributed by atoms with E-state index in [1.54, 1.807) is 6.20 Å². The predicted molar refractivity (Wildman–Crippen MR) is 80.7 cm³/mol. The van der Waals surface area contributed by atoms with Crippen molar-refractivity contribution in [3.8, 4) is 0 Å². The lowest BCUT2D eigenvalue weighted by molar-refractivity contribution is 0.984. The second kappa shape index (κ2) is 5.65. The van der Waals surface area contributed by atoms with Crippen LogP contribution in [0, 0.1) is 6.92 Å². The van der Waals surface area contributed by atoms with Crippen molar-refractivity contribution in [2.45, 2.75) is 13.3 Å². The fourth-order valence-corrected chi connectivity index (χ4v) is 2.25. The number of aryl methyl sites for hydroxylation is 1. The minimum atomic E-state index is 0.779. The van der Waals surface area contributed by atoms with E-state index in [4.69, 9.17) is 0 Å². The van der Waals surface area contributed by atoms with Gasteiger partial charge < -0.3 is 5.32 Å². The Morgan fingerprint density at radius 3 is 2.80 bits per heavy atom. The lowest BCUT2D eigenvalue weighted by atomic mass is 10.1. The summed E-state index contributed by atoms with van der Waals surface area (Å²) in [6.07, 6.45) is 4.52. The van der Waals surface area contributed by atoms with Crippen molar-refractivity contribution in [2.24, 2.45) is 0 Å². The molecule has 0 unspecified atom stereocenters. The van der Waals surface area contributed by atoms with Crippen molar-refractivity contribution in [3.63, 3.8) is 0 Å². The van der Waals surface area contributed by atoms with E-state index in [2.05, 4.69) is 44.5 Å². The largest absolute Gasteiger partial charge is 0.370 e. The van der Waals surface area contributed by atoms with Crippen molar-refractivity contribution >= 4 is 16.7 Å². The Balaban J connectivity index is 1.71. The van der Waals surface area contributed by atoms with E-state index in [-0.39, 0.29) is 0 Å². The second-order valence-corrected chi connectivity index (χ2v) is 4.66. The molecular weight excluding hydrogens is 248 g/mol. The normalized spacial score (nSPS) is 10.7. The van der Waals surface area contributed by atoms with Gasteiger partial charge in [0, 0.05) is 24.3 Å². The standard InChI is InChI=1S/C16H16N4/c1-12-17-11-8-15(20-12)18-10-7-14-5-2-4-13-6-3-9-19-16(13)14/h2-6,8-9,11H,7,10H2,1H3,(H,17,18,20). The highest BCUT2D eigenvalue weighted by Gasteiger charge is 2.02. The van der Waals surface area contributed by atoms with Crippen molar-refractivity contribution < 1.29 is 0 Å². The van der Waals surface area contributed by atoms with E-state index in [9.17, 15) is 0 Å². The lowest BCUT2D eigenvalue weighted by Gasteiger charge is -2.08. The molecule has 2 aromatic heterocycles. The van der Waals surface area contributed by atoms with Crippen LogP contribution in [-0.2, 0) is 6.42 Å². The van der Waals surface area contributed by atoms with Gasteiger partial charge in [-0.2, -0.15) is 0 Å². The minimum absolute atomic E-state index is 0.779. The third kappa shape index (κ3) is 2.74. The number of rotatable bonds is 4. The molecule has 0 saturated heterocycles. The molecule has 100 valence electrons. The van der Waals surface area contributed by atoms with Crippen LogP contribution < -0.4 is 5.32 Å². The average Bonchev–Trinajstić information content (AvgIpc) is 2.48. The minimum Gasteiger partial charge on any atom is -0.370 e. The Labute approximate surface area is 117 Å². The molecule has 3 rings (SSSR count). The topological polar surface area (TPSA) is 50.7 Å². The molecule has 0 fully saturated rings. The maximum atomic E-state index is 4.47. The molecule has 0 bridgehead atoms. The average molecular weight is 264 g/mol. The third-order valence-corrected chi connectivity index (χ3v) is 3.19. The maximum Gasteiger partial charge on any atom is 0.129 e. The van der Waals surface area contributed by atoms with Gasteiger partial charge in [0.2, 0.25) is 0 Å². The van der Waals surface area contributed by atoms with Gasteiger partial charge in [0.15, 0.2) is 0 Å². The van der Waals surface area contributed by atoms with Crippen LogP contribution in [0.1, 0.15) is 11.4 Å². The van der Waals surface area contributed by atoms with Crippen LogP contribution in [0.2, 0.25) is 0 Å². The second-order valence-electron chi connectivity index (χ2n) is 4.66. The van der Waals surface area contributed by atoms with Gasteiger partial charge in [0.1, 0.15) is 11.6 Å². The Hall–Kier alpha value is -2.49. The molecule has 0 atom stereocenters. The molecule has 0 aliphatic carbocycles. The summed E-state index contributed by atoms with van der Waals surface area (Å²) in [4.78, 5) is 12.9. The van der Waals surface area contributed by atoms with Crippen molar-refractivity contribution in [3.05, 3.63) is 60.2 Å². The lowest BCUT2D eigenvalue weighted by Crippen LogP contribution is -2.07. The number of fused-ring (bicyclic) bond motifs is 1. The Kier molecular flexibility index (Phi) is 3.54. The van der Waals surface area contributed by atoms with E-state index in [1.165, 1.54) is 10.9 Å². The van der Waals surface area contributed by atoms with E-state index in [0.717, 1.165) is 30.1 Å². The van der Waals surface area contributed by atoms with Crippen LogP contribution in [-0.4, -0.2) is 21.5 Å².